The molecule has 2 aromatic heterocycles. The summed E-state index contributed by atoms with van der Waals surface area (Å²) in [6.07, 6.45) is 6.73. The second-order valence-corrected chi connectivity index (χ2v) is 5.59. The van der Waals surface area contributed by atoms with Gasteiger partial charge in [-0.05, 0) is 25.8 Å². The minimum absolute atomic E-state index is 0.670. The molecule has 0 unspecified atom stereocenters. The van der Waals surface area contributed by atoms with Crippen LogP contribution in [-0.4, -0.2) is 15.4 Å². The summed E-state index contributed by atoms with van der Waals surface area (Å²) in [5.74, 6) is 0. The number of rotatable bonds is 3. The third kappa shape index (κ3) is 2.16. The lowest BCUT2D eigenvalue weighted by molar-refractivity contribution is 1.13. The minimum atomic E-state index is 0.670. The Kier molecular flexibility index (Phi) is 2.52. The van der Waals surface area contributed by atoms with E-state index in [2.05, 4.69) is 65.4 Å². The maximum atomic E-state index is 4.72. The molecular weight excluding hydrogens is 246 g/mol. The highest BCUT2D eigenvalue weighted by Gasteiger charge is 2.20. The minimum Gasteiger partial charge on any atom is -0.382 e. The maximum absolute atomic E-state index is 4.72. The number of hydrogen-bond acceptors (Lipinski definition) is 2. The molecule has 0 bridgehead atoms. The number of hydrogen-bond donors (Lipinski definition) is 1. The van der Waals surface area contributed by atoms with Gasteiger partial charge in [0.25, 0.3) is 0 Å². The molecule has 20 heavy (non-hydrogen) atoms. The molecule has 1 aliphatic rings. The normalized spacial score (nSPS) is 14.7. The molecule has 4 rings (SSSR count). The fraction of sp³-hybridized carbons (Fsp3) is 0.235. The van der Waals surface area contributed by atoms with Crippen LogP contribution in [0.4, 0.5) is 5.69 Å². The first-order chi connectivity index (χ1) is 9.78. The molecule has 0 spiro atoms. The molecule has 0 saturated heterocycles. The summed E-state index contributed by atoms with van der Waals surface area (Å²) in [4.78, 5) is 4.72. The lowest BCUT2D eigenvalue weighted by Gasteiger charge is -2.03. The monoisotopic (exact) mass is 263 g/mol. The Morgan fingerprint density at radius 1 is 1.15 bits per heavy atom. The first kappa shape index (κ1) is 11.5. The van der Waals surface area contributed by atoms with Crippen molar-refractivity contribution in [1.82, 2.24) is 9.38 Å². The fourth-order valence-corrected chi connectivity index (χ4v) is 2.40. The zero-order chi connectivity index (χ0) is 13.5. The van der Waals surface area contributed by atoms with Crippen molar-refractivity contribution in [2.75, 3.05) is 5.32 Å². The van der Waals surface area contributed by atoms with Crippen molar-refractivity contribution in [3.8, 4) is 11.3 Å². The van der Waals surface area contributed by atoms with Gasteiger partial charge in [0, 0.05) is 35.8 Å². The van der Waals surface area contributed by atoms with Gasteiger partial charge < -0.3 is 9.72 Å². The predicted molar refractivity (Wildman–Crippen MR) is 82.0 cm³/mol. The summed E-state index contributed by atoms with van der Waals surface area (Å²) in [5.41, 5.74) is 5.62. The van der Waals surface area contributed by atoms with Crippen LogP contribution in [0.25, 0.3) is 16.9 Å². The van der Waals surface area contributed by atoms with E-state index in [0.717, 1.165) is 16.9 Å². The molecule has 1 fully saturated rings. The number of nitrogens with zero attached hydrogens (tertiary/aromatic N) is 2. The van der Waals surface area contributed by atoms with Gasteiger partial charge in [-0.2, -0.15) is 0 Å². The number of imidazole rings is 1. The third-order valence-corrected chi connectivity index (χ3v) is 3.76. The summed E-state index contributed by atoms with van der Waals surface area (Å²) in [6, 6.07) is 13.4. The summed E-state index contributed by atoms with van der Waals surface area (Å²) < 4.78 is 2.08. The number of nitrogens with one attached hydrogen (secondary N) is 1. The Hall–Kier alpha value is -2.29. The van der Waals surface area contributed by atoms with Crippen molar-refractivity contribution >= 4 is 11.3 Å². The number of pyridine rings is 1. The molecule has 1 N–H and O–H groups in total. The van der Waals surface area contributed by atoms with Gasteiger partial charge in [-0.25, -0.2) is 4.98 Å². The molecule has 0 aliphatic heterocycles. The number of benzene rings is 1. The smallest absolute Gasteiger partial charge is 0.139 e. The van der Waals surface area contributed by atoms with Gasteiger partial charge in [-0.1, -0.05) is 29.8 Å². The van der Waals surface area contributed by atoms with Crippen LogP contribution in [0.1, 0.15) is 18.4 Å². The quantitative estimate of drug-likeness (QED) is 0.777. The number of aryl methyl sites for hydroxylation is 1. The van der Waals surface area contributed by atoms with Gasteiger partial charge in [-0.15, -0.1) is 0 Å². The average Bonchev–Trinajstić information content (AvgIpc) is 3.16. The van der Waals surface area contributed by atoms with Crippen LogP contribution in [0.2, 0.25) is 0 Å². The van der Waals surface area contributed by atoms with E-state index in [9.17, 15) is 0 Å². The summed E-state index contributed by atoms with van der Waals surface area (Å²) in [5, 5.41) is 3.51. The Bertz CT molecular complexity index is 752. The predicted octanol–water partition coefficient (Wildman–Crippen LogP) is 3.88. The SMILES string of the molecule is Cc1ccc(-c2cn3ccc(NC4CC4)cc3n2)cc1. The summed E-state index contributed by atoms with van der Waals surface area (Å²) in [6.45, 7) is 2.10. The van der Waals surface area contributed by atoms with Gasteiger partial charge in [-0.3, -0.25) is 0 Å². The van der Waals surface area contributed by atoms with Crippen LogP contribution in [0, 0.1) is 6.92 Å². The van der Waals surface area contributed by atoms with Gasteiger partial charge in [0.05, 0.1) is 5.69 Å². The van der Waals surface area contributed by atoms with E-state index in [-0.39, 0.29) is 0 Å². The maximum Gasteiger partial charge on any atom is 0.139 e. The second-order valence-electron chi connectivity index (χ2n) is 5.59. The van der Waals surface area contributed by atoms with Gasteiger partial charge in [0.1, 0.15) is 5.65 Å². The van der Waals surface area contributed by atoms with Crippen molar-refractivity contribution in [1.29, 1.82) is 0 Å². The Morgan fingerprint density at radius 3 is 2.70 bits per heavy atom. The molecule has 0 radical (unpaired) electrons. The highest BCUT2D eigenvalue weighted by atomic mass is 15.0. The van der Waals surface area contributed by atoms with Gasteiger partial charge in [0.2, 0.25) is 0 Å². The van der Waals surface area contributed by atoms with E-state index >= 15 is 0 Å². The molecule has 1 aliphatic carbocycles. The van der Waals surface area contributed by atoms with E-state index < -0.39 is 0 Å². The molecule has 0 amide bonds. The Morgan fingerprint density at radius 2 is 1.95 bits per heavy atom. The van der Waals surface area contributed by atoms with E-state index in [4.69, 9.17) is 4.98 Å². The molecule has 100 valence electrons. The molecular formula is C17H17N3. The zero-order valence-corrected chi connectivity index (χ0v) is 11.5. The van der Waals surface area contributed by atoms with E-state index in [1.165, 1.54) is 24.1 Å². The van der Waals surface area contributed by atoms with Crippen LogP contribution in [0.3, 0.4) is 0 Å². The van der Waals surface area contributed by atoms with E-state index in [0.29, 0.717) is 6.04 Å². The topological polar surface area (TPSA) is 29.3 Å². The standard InChI is InChI=1S/C17H17N3/c1-12-2-4-13(5-3-12)16-11-20-9-8-15(10-17(20)19-16)18-14-6-7-14/h2-5,8-11,14,18H,6-7H2,1H3. The zero-order valence-electron chi connectivity index (χ0n) is 11.5. The molecule has 0 atom stereocenters. The largest absolute Gasteiger partial charge is 0.382 e. The summed E-state index contributed by atoms with van der Waals surface area (Å²) in [7, 11) is 0. The van der Waals surface area contributed by atoms with Crippen molar-refractivity contribution in [2.24, 2.45) is 0 Å². The van der Waals surface area contributed by atoms with Crippen LogP contribution >= 0.6 is 0 Å². The molecule has 3 aromatic rings. The van der Waals surface area contributed by atoms with Crippen LogP contribution < -0.4 is 5.32 Å². The molecule has 3 heteroatoms. The number of anilines is 1. The van der Waals surface area contributed by atoms with Crippen molar-refractivity contribution in [3.05, 3.63) is 54.4 Å². The molecule has 1 aromatic carbocycles. The average molecular weight is 263 g/mol. The number of fused-ring (bicyclic) bond motifs is 1. The van der Waals surface area contributed by atoms with Crippen LogP contribution in [-0.2, 0) is 0 Å². The highest BCUT2D eigenvalue weighted by molar-refractivity contribution is 5.65. The van der Waals surface area contributed by atoms with Crippen molar-refractivity contribution in [3.63, 3.8) is 0 Å². The number of aromatic nitrogens is 2. The van der Waals surface area contributed by atoms with Crippen LogP contribution in [0.5, 0.6) is 0 Å². The third-order valence-electron chi connectivity index (χ3n) is 3.76. The van der Waals surface area contributed by atoms with Crippen LogP contribution in [0.15, 0.2) is 48.8 Å². The lowest BCUT2D eigenvalue weighted by atomic mass is 10.1. The first-order valence-electron chi connectivity index (χ1n) is 7.10. The molecule has 3 nitrogen and oxygen atoms in total. The summed E-state index contributed by atoms with van der Waals surface area (Å²) >= 11 is 0. The second kappa shape index (κ2) is 4.37. The van der Waals surface area contributed by atoms with E-state index in [1.54, 1.807) is 0 Å². The Balaban J connectivity index is 1.71. The van der Waals surface area contributed by atoms with Crippen molar-refractivity contribution in [2.45, 2.75) is 25.8 Å². The van der Waals surface area contributed by atoms with Gasteiger partial charge in [0.15, 0.2) is 0 Å². The molecule has 1 saturated carbocycles. The Labute approximate surface area is 118 Å². The molecule has 2 heterocycles. The highest BCUT2D eigenvalue weighted by Crippen LogP contribution is 2.26. The van der Waals surface area contributed by atoms with Crippen molar-refractivity contribution < 1.29 is 0 Å². The van der Waals surface area contributed by atoms with E-state index in [1.807, 2.05) is 0 Å². The lowest BCUT2D eigenvalue weighted by Crippen LogP contribution is -2.00. The fourth-order valence-electron chi connectivity index (χ4n) is 2.40. The van der Waals surface area contributed by atoms with Gasteiger partial charge >= 0.3 is 0 Å². The first-order valence-corrected chi connectivity index (χ1v) is 7.10.